The monoisotopic (exact) mass is 209 g/mol. The third-order valence-electron chi connectivity index (χ3n) is 2.54. The van der Waals surface area contributed by atoms with Gasteiger partial charge in [0.25, 0.3) is 0 Å². The molecule has 15 heavy (non-hydrogen) atoms. The molecule has 1 atom stereocenters. The number of pyridine rings is 1. The van der Waals surface area contributed by atoms with Crippen molar-refractivity contribution >= 4 is 0 Å². The van der Waals surface area contributed by atoms with Crippen LogP contribution in [0.2, 0.25) is 0 Å². The van der Waals surface area contributed by atoms with Crippen molar-refractivity contribution in [1.82, 2.24) is 4.98 Å². The van der Waals surface area contributed by atoms with Crippen LogP contribution < -0.4 is 4.74 Å². The second-order valence-corrected chi connectivity index (χ2v) is 3.68. The van der Waals surface area contributed by atoms with Crippen LogP contribution in [0.15, 0.2) is 18.5 Å². The number of ether oxygens (including phenoxy) is 2. The number of aromatic nitrogens is 1. The van der Waals surface area contributed by atoms with E-state index in [1.165, 1.54) is 0 Å². The first-order valence-electron chi connectivity index (χ1n) is 5.14. The van der Waals surface area contributed by atoms with E-state index >= 15 is 0 Å². The minimum Gasteiger partial charge on any atom is -0.491 e. The van der Waals surface area contributed by atoms with E-state index in [2.05, 4.69) is 4.98 Å². The molecule has 2 rings (SSSR count). The fourth-order valence-corrected chi connectivity index (χ4v) is 1.59. The van der Waals surface area contributed by atoms with E-state index < -0.39 is 0 Å². The number of aliphatic hydroxyl groups excluding tert-OH is 1. The van der Waals surface area contributed by atoms with Crippen LogP contribution in [-0.4, -0.2) is 29.9 Å². The van der Waals surface area contributed by atoms with Gasteiger partial charge in [-0.25, -0.2) is 0 Å². The van der Waals surface area contributed by atoms with Crippen LogP contribution in [-0.2, 0) is 11.3 Å². The van der Waals surface area contributed by atoms with Crippen LogP contribution in [0.5, 0.6) is 5.75 Å². The van der Waals surface area contributed by atoms with Gasteiger partial charge >= 0.3 is 0 Å². The largest absolute Gasteiger partial charge is 0.491 e. The average molecular weight is 209 g/mol. The van der Waals surface area contributed by atoms with Gasteiger partial charge in [0, 0.05) is 24.3 Å². The summed E-state index contributed by atoms with van der Waals surface area (Å²) in [5.41, 5.74) is 0.781. The first-order chi connectivity index (χ1) is 7.40. The van der Waals surface area contributed by atoms with Gasteiger partial charge in [0.05, 0.1) is 26.0 Å². The Morgan fingerprint density at radius 3 is 3.27 bits per heavy atom. The molecule has 0 amide bonds. The lowest BCUT2D eigenvalue weighted by Gasteiger charge is -2.12. The van der Waals surface area contributed by atoms with Crippen LogP contribution in [0.3, 0.4) is 0 Å². The van der Waals surface area contributed by atoms with E-state index in [1.807, 2.05) is 0 Å². The maximum absolute atomic E-state index is 9.08. The molecular weight excluding hydrogens is 194 g/mol. The molecule has 0 saturated carbocycles. The van der Waals surface area contributed by atoms with Crippen molar-refractivity contribution in [3.05, 3.63) is 24.0 Å². The van der Waals surface area contributed by atoms with Gasteiger partial charge in [-0.2, -0.15) is 0 Å². The highest BCUT2D eigenvalue weighted by atomic mass is 16.5. The molecule has 1 aromatic rings. The molecule has 0 aromatic carbocycles. The van der Waals surface area contributed by atoms with Crippen molar-refractivity contribution in [3.8, 4) is 5.75 Å². The van der Waals surface area contributed by atoms with Crippen molar-refractivity contribution in [1.29, 1.82) is 0 Å². The van der Waals surface area contributed by atoms with Gasteiger partial charge in [0.2, 0.25) is 0 Å². The quantitative estimate of drug-likeness (QED) is 0.803. The smallest absolute Gasteiger partial charge is 0.143 e. The molecule has 4 heteroatoms. The maximum Gasteiger partial charge on any atom is 0.143 e. The first-order valence-corrected chi connectivity index (χ1v) is 5.14. The molecule has 0 radical (unpaired) electrons. The number of hydrogen-bond donors (Lipinski definition) is 1. The molecular formula is C11H15NO3. The summed E-state index contributed by atoms with van der Waals surface area (Å²) in [6.07, 6.45) is 4.34. The molecule has 1 fully saturated rings. The SMILES string of the molecule is OCc1ccncc1OCC1CCOC1. The Labute approximate surface area is 88.9 Å². The summed E-state index contributed by atoms with van der Waals surface area (Å²) in [4.78, 5) is 3.97. The number of nitrogens with zero attached hydrogens (tertiary/aromatic N) is 1. The normalized spacial score (nSPS) is 20.5. The Morgan fingerprint density at radius 1 is 1.60 bits per heavy atom. The van der Waals surface area contributed by atoms with Crippen molar-refractivity contribution < 1.29 is 14.6 Å². The van der Waals surface area contributed by atoms with Crippen LogP contribution in [0.25, 0.3) is 0 Å². The van der Waals surface area contributed by atoms with E-state index in [1.54, 1.807) is 18.5 Å². The molecule has 1 N–H and O–H groups in total. The molecule has 0 spiro atoms. The standard InChI is InChI=1S/C11H15NO3/c13-6-10-1-3-12-5-11(10)15-8-9-2-4-14-7-9/h1,3,5,9,13H,2,4,6-8H2. The summed E-state index contributed by atoms with van der Waals surface area (Å²) in [5, 5.41) is 9.08. The van der Waals surface area contributed by atoms with E-state index in [4.69, 9.17) is 14.6 Å². The van der Waals surface area contributed by atoms with Crippen LogP contribution in [0.1, 0.15) is 12.0 Å². The van der Waals surface area contributed by atoms with Gasteiger partial charge in [-0.15, -0.1) is 0 Å². The van der Waals surface area contributed by atoms with Gasteiger partial charge in [-0.3, -0.25) is 4.98 Å². The zero-order chi connectivity index (χ0) is 10.5. The van der Waals surface area contributed by atoms with Crippen molar-refractivity contribution in [3.63, 3.8) is 0 Å². The Balaban J connectivity index is 1.91. The Bertz CT molecular complexity index is 310. The number of rotatable bonds is 4. The highest BCUT2D eigenvalue weighted by Gasteiger charge is 2.16. The molecule has 0 bridgehead atoms. The van der Waals surface area contributed by atoms with Gasteiger partial charge in [-0.05, 0) is 12.5 Å². The predicted molar refractivity (Wildman–Crippen MR) is 54.6 cm³/mol. The summed E-state index contributed by atoms with van der Waals surface area (Å²) < 4.78 is 10.9. The second-order valence-electron chi connectivity index (χ2n) is 3.68. The van der Waals surface area contributed by atoms with Gasteiger partial charge < -0.3 is 14.6 Å². The van der Waals surface area contributed by atoms with Gasteiger partial charge in [0.1, 0.15) is 5.75 Å². The van der Waals surface area contributed by atoms with E-state index in [0.29, 0.717) is 18.3 Å². The highest BCUT2D eigenvalue weighted by Crippen LogP contribution is 2.19. The fourth-order valence-electron chi connectivity index (χ4n) is 1.59. The topological polar surface area (TPSA) is 51.6 Å². The second kappa shape index (κ2) is 5.09. The van der Waals surface area contributed by atoms with Gasteiger partial charge in [0.15, 0.2) is 0 Å². The zero-order valence-corrected chi connectivity index (χ0v) is 8.56. The van der Waals surface area contributed by atoms with Crippen LogP contribution in [0.4, 0.5) is 0 Å². The molecule has 4 nitrogen and oxygen atoms in total. The summed E-state index contributed by atoms with van der Waals surface area (Å²) >= 11 is 0. The fraction of sp³-hybridized carbons (Fsp3) is 0.545. The summed E-state index contributed by atoms with van der Waals surface area (Å²) in [5.74, 6) is 1.14. The summed E-state index contributed by atoms with van der Waals surface area (Å²) in [6.45, 7) is 2.22. The van der Waals surface area contributed by atoms with E-state index in [-0.39, 0.29) is 6.61 Å². The molecule has 0 aliphatic carbocycles. The molecule has 2 heterocycles. The molecule has 1 aromatic heterocycles. The molecule has 1 aliphatic heterocycles. The minimum atomic E-state index is -0.0149. The molecule has 82 valence electrons. The Hall–Kier alpha value is -1.13. The number of aliphatic hydroxyl groups is 1. The Kier molecular flexibility index (Phi) is 3.53. The molecule has 1 saturated heterocycles. The Morgan fingerprint density at radius 2 is 2.53 bits per heavy atom. The van der Waals surface area contributed by atoms with E-state index in [0.717, 1.165) is 25.2 Å². The van der Waals surface area contributed by atoms with Crippen LogP contribution >= 0.6 is 0 Å². The van der Waals surface area contributed by atoms with Crippen molar-refractivity contribution in [2.24, 2.45) is 5.92 Å². The highest BCUT2D eigenvalue weighted by molar-refractivity contribution is 5.28. The summed E-state index contributed by atoms with van der Waals surface area (Å²) in [6, 6.07) is 1.76. The zero-order valence-electron chi connectivity index (χ0n) is 8.56. The average Bonchev–Trinajstić information content (AvgIpc) is 2.79. The predicted octanol–water partition coefficient (Wildman–Crippen LogP) is 0.989. The lowest BCUT2D eigenvalue weighted by Crippen LogP contribution is -2.12. The van der Waals surface area contributed by atoms with Crippen LogP contribution in [0, 0.1) is 5.92 Å². The lowest BCUT2D eigenvalue weighted by atomic mass is 10.1. The van der Waals surface area contributed by atoms with Crippen molar-refractivity contribution in [2.75, 3.05) is 19.8 Å². The first kappa shape index (κ1) is 10.4. The number of hydrogen-bond acceptors (Lipinski definition) is 4. The summed E-state index contributed by atoms with van der Waals surface area (Å²) in [7, 11) is 0. The van der Waals surface area contributed by atoms with Crippen molar-refractivity contribution in [2.45, 2.75) is 13.0 Å². The molecule has 1 unspecified atom stereocenters. The third-order valence-corrected chi connectivity index (χ3v) is 2.54. The van der Waals surface area contributed by atoms with Gasteiger partial charge in [-0.1, -0.05) is 0 Å². The third kappa shape index (κ3) is 2.67. The molecule has 1 aliphatic rings. The van der Waals surface area contributed by atoms with E-state index in [9.17, 15) is 0 Å². The maximum atomic E-state index is 9.08. The lowest BCUT2D eigenvalue weighted by molar-refractivity contribution is 0.165. The minimum absolute atomic E-state index is 0.0149.